The predicted octanol–water partition coefficient (Wildman–Crippen LogP) is 5.86. The molecular weight excluding hydrogens is 370 g/mol. The Balaban J connectivity index is 1.63. The molecule has 4 nitrogen and oxygen atoms in total. The second-order valence-corrected chi connectivity index (χ2v) is 8.09. The van der Waals surface area contributed by atoms with Gasteiger partial charge in [-0.15, -0.1) is 0 Å². The van der Waals surface area contributed by atoms with Crippen LogP contribution in [0.1, 0.15) is 35.6 Å². The third-order valence-electron chi connectivity index (χ3n) is 5.81. The monoisotopic (exact) mass is 399 g/mol. The summed E-state index contributed by atoms with van der Waals surface area (Å²) in [6, 6.07) is 26.7. The summed E-state index contributed by atoms with van der Waals surface area (Å²) in [6.45, 7) is 0.575. The maximum Gasteiger partial charge on any atom is 0.322 e. The average Bonchev–Trinajstić information content (AvgIpc) is 2.78. The van der Waals surface area contributed by atoms with Gasteiger partial charge in [-0.3, -0.25) is 0 Å². The molecular formula is C26H29N3O. The SMILES string of the molecule is CN(C)c1ccc(CN(C(=O)Nc2ccccc2)C2CCCc3ccccc32)cc1. The van der Waals surface area contributed by atoms with E-state index in [1.165, 1.54) is 11.1 Å². The number of hydrogen-bond donors (Lipinski definition) is 1. The normalized spacial score (nSPS) is 15.2. The maximum absolute atomic E-state index is 13.4. The number of rotatable bonds is 5. The van der Waals surface area contributed by atoms with Crippen LogP contribution in [-0.4, -0.2) is 25.0 Å². The second kappa shape index (κ2) is 9.04. The minimum Gasteiger partial charge on any atom is -0.378 e. The van der Waals surface area contributed by atoms with Crippen molar-refractivity contribution in [3.63, 3.8) is 0 Å². The number of carbonyl (C=O) groups excluding carboxylic acids is 1. The van der Waals surface area contributed by atoms with E-state index in [4.69, 9.17) is 0 Å². The van der Waals surface area contributed by atoms with E-state index in [0.717, 1.165) is 36.2 Å². The number of nitrogens with zero attached hydrogens (tertiary/aromatic N) is 2. The lowest BCUT2D eigenvalue weighted by atomic mass is 9.86. The number of benzene rings is 3. The molecule has 4 rings (SSSR count). The fourth-order valence-corrected chi connectivity index (χ4v) is 4.19. The van der Waals surface area contributed by atoms with E-state index < -0.39 is 0 Å². The topological polar surface area (TPSA) is 35.6 Å². The molecule has 0 aromatic heterocycles. The highest BCUT2D eigenvalue weighted by molar-refractivity contribution is 5.89. The molecule has 0 saturated heterocycles. The smallest absolute Gasteiger partial charge is 0.322 e. The number of aryl methyl sites for hydroxylation is 1. The highest BCUT2D eigenvalue weighted by Crippen LogP contribution is 2.35. The van der Waals surface area contributed by atoms with E-state index in [-0.39, 0.29) is 12.1 Å². The van der Waals surface area contributed by atoms with E-state index in [1.54, 1.807) is 0 Å². The van der Waals surface area contributed by atoms with Crippen LogP contribution in [0.4, 0.5) is 16.2 Å². The van der Waals surface area contributed by atoms with Crippen LogP contribution in [0.15, 0.2) is 78.9 Å². The number of urea groups is 1. The van der Waals surface area contributed by atoms with Gasteiger partial charge in [0.2, 0.25) is 0 Å². The molecule has 0 bridgehead atoms. The van der Waals surface area contributed by atoms with Gasteiger partial charge in [-0.2, -0.15) is 0 Å². The van der Waals surface area contributed by atoms with E-state index >= 15 is 0 Å². The van der Waals surface area contributed by atoms with E-state index in [0.29, 0.717) is 6.54 Å². The van der Waals surface area contributed by atoms with E-state index in [2.05, 4.69) is 58.7 Å². The van der Waals surface area contributed by atoms with Gasteiger partial charge in [0.15, 0.2) is 0 Å². The fraction of sp³-hybridized carbons (Fsp3) is 0.269. The number of para-hydroxylation sites is 1. The van der Waals surface area contributed by atoms with Gasteiger partial charge in [0, 0.05) is 32.0 Å². The molecule has 1 N–H and O–H groups in total. The van der Waals surface area contributed by atoms with Crippen molar-refractivity contribution in [1.82, 2.24) is 4.90 Å². The molecule has 154 valence electrons. The number of carbonyl (C=O) groups is 1. The number of amides is 2. The lowest BCUT2D eigenvalue weighted by molar-refractivity contribution is 0.175. The average molecular weight is 400 g/mol. The molecule has 4 heteroatoms. The number of nitrogens with one attached hydrogen (secondary N) is 1. The summed E-state index contributed by atoms with van der Waals surface area (Å²) in [5.41, 5.74) is 5.74. The largest absolute Gasteiger partial charge is 0.378 e. The van der Waals surface area contributed by atoms with Gasteiger partial charge in [0.1, 0.15) is 0 Å². The van der Waals surface area contributed by atoms with Gasteiger partial charge in [-0.05, 0) is 60.2 Å². The summed E-state index contributed by atoms with van der Waals surface area (Å²) in [5, 5.41) is 3.10. The van der Waals surface area contributed by atoms with Crippen LogP contribution >= 0.6 is 0 Å². The molecule has 1 unspecified atom stereocenters. The first-order valence-electron chi connectivity index (χ1n) is 10.6. The third-order valence-corrected chi connectivity index (χ3v) is 5.81. The highest BCUT2D eigenvalue weighted by Gasteiger charge is 2.29. The van der Waals surface area contributed by atoms with Crippen molar-refractivity contribution in [2.24, 2.45) is 0 Å². The Kier molecular flexibility index (Phi) is 6.03. The molecule has 0 fully saturated rings. The Hall–Kier alpha value is -3.27. The Bertz CT molecular complexity index is 983. The van der Waals surface area contributed by atoms with Crippen LogP contribution < -0.4 is 10.2 Å². The van der Waals surface area contributed by atoms with Gasteiger partial charge in [-0.25, -0.2) is 4.79 Å². The summed E-state index contributed by atoms with van der Waals surface area (Å²) in [4.78, 5) is 17.5. The number of hydrogen-bond acceptors (Lipinski definition) is 2. The molecule has 3 aromatic carbocycles. The van der Waals surface area contributed by atoms with Gasteiger partial charge in [0.25, 0.3) is 0 Å². The first-order valence-corrected chi connectivity index (χ1v) is 10.6. The maximum atomic E-state index is 13.4. The molecule has 1 aliphatic rings. The first-order chi connectivity index (χ1) is 14.6. The van der Waals surface area contributed by atoms with Gasteiger partial charge >= 0.3 is 6.03 Å². The van der Waals surface area contributed by atoms with Gasteiger partial charge in [-0.1, -0.05) is 54.6 Å². The fourth-order valence-electron chi connectivity index (χ4n) is 4.19. The van der Waals surface area contributed by atoms with Crippen LogP contribution in [0.25, 0.3) is 0 Å². The minimum atomic E-state index is -0.0559. The molecule has 0 spiro atoms. The van der Waals surface area contributed by atoms with Gasteiger partial charge < -0.3 is 15.1 Å². The lowest BCUT2D eigenvalue weighted by Crippen LogP contribution is -2.39. The molecule has 0 radical (unpaired) electrons. The Morgan fingerprint density at radius 2 is 1.63 bits per heavy atom. The third kappa shape index (κ3) is 4.48. The molecule has 1 aliphatic carbocycles. The summed E-state index contributed by atoms with van der Waals surface area (Å²) in [6.07, 6.45) is 3.16. The van der Waals surface area contributed by atoms with Crippen molar-refractivity contribution in [3.8, 4) is 0 Å². The summed E-state index contributed by atoms with van der Waals surface area (Å²) in [5.74, 6) is 0. The highest BCUT2D eigenvalue weighted by atomic mass is 16.2. The van der Waals surface area contributed by atoms with E-state index in [1.807, 2.05) is 49.3 Å². The van der Waals surface area contributed by atoms with Crippen LogP contribution in [0.2, 0.25) is 0 Å². The molecule has 30 heavy (non-hydrogen) atoms. The van der Waals surface area contributed by atoms with Gasteiger partial charge in [0.05, 0.1) is 6.04 Å². The molecule has 0 heterocycles. The van der Waals surface area contributed by atoms with Crippen LogP contribution in [0.3, 0.4) is 0 Å². The zero-order chi connectivity index (χ0) is 20.9. The van der Waals surface area contributed by atoms with Crippen molar-refractivity contribution < 1.29 is 4.79 Å². The second-order valence-electron chi connectivity index (χ2n) is 8.09. The minimum absolute atomic E-state index is 0.0559. The zero-order valence-corrected chi connectivity index (χ0v) is 17.7. The van der Waals surface area contributed by atoms with Crippen LogP contribution in [-0.2, 0) is 13.0 Å². The molecule has 1 atom stereocenters. The van der Waals surface area contributed by atoms with Crippen molar-refractivity contribution in [3.05, 3.63) is 95.6 Å². The zero-order valence-electron chi connectivity index (χ0n) is 17.7. The number of fused-ring (bicyclic) bond motifs is 1. The van der Waals surface area contributed by atoms with Crippen LogP contribution in [0.5, 0.6) is 0 Å². The lowest BCUT2D eigenvalue weighted by Gasteiger charge is -2.36. The molecule has 3 aromatic rings. The number of anilines is 2. The Morgan fingerprint density at radius 1 is 0.933 bits per heavy atom. The van der Waals surface area contributed by atoms with Crippen molar-refractivity contribution in [1.29, 1.82) is 0 Å². The van der Waals surface area contributed by atoms with Crippen molar-refractivity contribution >= 4 is 17.4 Å². The van der Waals surface area contributed by atoms with Crippen LogP contribution in [0, 0.1) is 0 Å². The molecule has 2 amide bonds. The molecule has 0 saturated carbocycles. The van der Waals surface area contributed by atoms with E-state index in [9.17, 15) is 4.79 Å². The van der Waals surface area contributed by atoms with Crippen molar-refractivity contribution in [2.45, 2.75) is 31.8 Å². The first kappa shape index (κ1) is 20.0. The van der Waals surface area contributed by atoms with Crippen molar-refractivity contribution in [2.75, 3.05) is 24.3 Å². The Labute approximate surface area is 179 Å². The standard InChI is InChI=1S/C26H29N3O/c1-28(2)23-17-15-20(16-18-23)19-29(26(30)27-22-11-4-3-5-12-22)25-14-8-10-21-9-6-7-13-24(21)25/h3-7,9,11-13,15-18,25H,8,10,14,19H2,1-2H3,(H,27,30). The molecule has 0 aliphatic heterocycles. The quantitative estimate of drug-likeness (QED) is 0.583. The predicted molar refractivity (Wildman–Crippen MR) is 124 cm³/mol. The summed E-state index contributed by atoms with van der Waals surface area (Å²) >= 11 is 0. The Morgan fingerprint density at radius 3 is 2.37 bits per heavy atom. The summed E-state index contributed by atoms with van der Waals surface area (Å²) < 4.78 is 0. The summed E-state index contributed by atoms with van der Waals surface area (Å²) in [7, 11) is 4.07.